The Morgan fingerprint density at radius 2 is 1.94 bits per heavy atom. The van der Waals surface area contributed by atoms with Gasteiger partial charge in [0.2, 0.25) is 5.95 Å². The molecule has 0 bridgehead atoms. The Hall–Kier alpha value is -4.06. The van der Waals surface area contributed by atoms with E-state index in [-0.39, 0.29) is 18.1 Å². The van der Waals surface area contributed by atoms with E-state index in [1.54, 1.807) is 52.1 Å². The molecule has 0 fully saturated rings. The van der Waals surface area contributed by atoms with Gasteiger partial charge in [-0.2, -0.15) is 14.4 Å². The van der Waals surface area contributed by atoms with Crippen molar-refractivity contribution in [3.05, 3.63) is 72.5 Å². The number of rotatable bonds is 8. The molecule has 33 heavy (non-hydrogen) atoms. The SMILES string of the molecule is C=CCn1cc(Nc2ncc3c(=O)n(CC=C)n(-c4cccc(N=S(C)(C)=O)n4)c3n2)cn1. The van der Waals surface area contributed by atoms with E-state index in [2.05, 4.69) is 42.9 Å². The van der Waals surface area contributed by atoms with Gasteiger partial charge in [-0.05, 0) is 12.1 Å². The van der Waals surface area contributed by atoms with E-state index in [1.807, 2.05) is 0 Å². The summed E-state index contributed by atoms with van der Waals surface area (Å²) in [6.07, 6.45) is 11.3. The third kappa shape index (κ3) is 4.75. The van der Waals surface area contributed by atoms with Gasteiger partial charge in [0.15, 0.2) is 17.3 Å². The minimum Gasteiger partial charge on any atom is -0.321 e. The number of anilines is 2. The minimum absolute atomic E-state index is 0.230. The molecule has 4 aromatic heterocycles. The summed E-state index contributed by atoms with van der Waals surface area (Å²) < 4.78 is 21.0. The van der Waals surface area contributed by atoms with E-state index in [0.717, 1.165) is 0 Å². The number of pyridine rings is 1. The Kier molecular flexibility index (Phi) is 5.92. The maximum atomic E-state index is 13.0. The molecule has 11 nitrogen and oxygen atoms in total. The third-order valence-electron chi connectivity index (χ3n) is 4.43. The molecule has 0 radical (unpaired) electrons. The molecule has 0 saturated heterocycles. The average molecular weight is 466 g/mol. The van der Waals surface area contributed by atoms with Gasteiger partial charge < -0.3 is 5.32 Å². The van der Waals surface area contributed by atoms with E-state index in [9.17, 15) is 9.00 Å². The monoisotopic (exact) mass is 465 g/mol. The van der Waals surface area contributed by atoms with Crippen LogP contribution in [0.3, 0.4) is 0 Å². The molecule has 0 aliphatic heterocycles. The van der Waals surface area contributed by atoms with Gasteiger partial charge >= 0.3 is 0 Å². The molecule has 4 aromatic rings. The molecular formula is C21H23N9O2S. The summed E-state index contributed by atoms with van der Waals surface area (Å²) in [6.45, 7) is 8.24. The van der Waals surface area contributed by atoms with Gasteiger partial charge in [0.1, 0.15) is 5.39 Å². The largest absolute Gasteiger partial charge is 0.321 e. The lowest BCUT2D eigenvalue weighted by molar-refractivity contribution is 0.597. The Balaban J connectivity index is 1.86. The van der Waals surface area contributed by atoms with E-state index in [1.165, 1.54) is 23.4 Å². The van der Waals surface area contributed by atoms with Crippen LogP contribution in [0.15, 0.2) is 71.3 Å². The van der Waals surface area contributed by atoms with E-state index >= 15 is 0 Å². The summed E-state index contributed by atoms with van der Waals surface area (Å²) >= 11 is 0. The van der Waals surface area contributed by atoms with Crippen molar-refractivity contribution in [1.29, 1.82) is 0 Å². The Labute approximate surface area is 190 Å². The van der Waals surface area contributed by atoms with Crippen LogP contribution in [0.4, 0.5) is 17.5 Å². The highest BCUT2D eigenvalue weighted by atomic mass is 32.2. The summed E-state index contributed by atoms with van der Waals surface area (Å²) in [6, 6.07) is 5.11. The molecule has 0 aliphatic carbocycles. The maximum absolute atomic E-state index is 13.0. The fourth-order valence-corrected chi connectivity index (χ4v) is 3.76. The first kappa shape index (κ1) is 22.1. The Bertz CT molecular complexity index is 1530. The third-order valence-corrected chi connectivity index (χ3v) is 5.06. The predicted octanol–water partition coefficient (Wildman–Crippen LogP) is 2.65. The topological polar surface area (TPSA) is 125 Å². The highest BCUT2D eigenvalue weighted by Crippen LogP contribution is 2.20. The second-order valence-corrected chi connectivity index (χ2v) is 9.95. The molecule has 0 aromatic carbocycles. The van der Waals surface area contributed by atoms with Crippen molar-refractivity contribution in [3.8, 4) is 5.82 Å². The van der Waals surface area contributed by atoms with Crippen LogP contribution in [0.1, 0.15) is 0 Å². The maximum Gasteiger partial charge on any atom is 0.278 e. The lowest BCUT2D eigenvalue weighted by Crippen LogP contribution is -2.22. The molecule has 0 atom stereocenters. The first-order chi connectivity index (χ1) is 15.8. The first-order valence-electron chi connectivity index (χ1n) is 9.93. The van der Waals surface area contributed by atoms with Gasteiger partial charge in [-0.1, -0.05) is 18.2 Å². The standard InChI is InChI=1S/C21H23N9O2S/c1-5-10-28-14-15(12-23-28)24-21-22-13-16-19(26-21)30(29(11-6-2)20(16)31)18-9-7-8-17(25-18)27-33(3,4)32/h5-9,12-14H,1-2,10-11H2,3-4H3,(H,22,24,26). The molecule has 0 aliphatic rings. The van der Waals surface area contributed by atoms with Crippen molar-refractivity contribution in [1.82, 2.24) is 34.1 Å². The number of fused-ring (bicyclic) bond motifs is 1. The van der Waals surface area contributed by atoms with Crippen LogP contribution in [0.2, 0.25) is 0 Å². The van der Waals surface area contributed by atoms with Crippen molar-refractivity contribution >= 4 is 38.2 Å². The zero-order valence-corrected chi connectivity index (χ0v) is 19.1. The number of aromatic nitrogens is 7. The highest BCUT2D eigenvalue weighted by molar-refractivity contribution is 7.92. The lowest BCUT2D eigenvalue weighted by Gasteiger charge is -2.10. The fraction of sp³-hybridized carbons (Fsp3) is 0.190. The second kappa shape index (κ2) is 8.82. The van der Waals surface area contributed by atoms with E-state index in [4.69, 9.17) is 0 Å². The van der Waals surface area contributed by atoms with Crippen LogP contribution < -0.4 is 10.9 Å². The van der Waals surface area contributed by atoms with E-state index < -0.39 is 9.73 Å². The van der Waals surface area contributed by atoms with Gasteiger partial charge in [-0.15, -0.1) is 13.2 Å². The summed E-state index contributed by atoms with van der Waals surface area (Å²) in [5, 5.41) is 7.64. The first-order valence-corrected chi connectivity index (χ1v) is 12.3. The van der Waals surface area contributed by atoms with Crippen molar-refractivity contribution in [2.45, 2.75) is 13.1 Å². The van der Waals surface area contributed by atoms with Gasteiger partial charge in [0, 0.05) is 34.6 Å². The second-order valence-electron chi connectivity index (χ2n) is 7.41. The minimum atomic E-state index is -2.41. The lowest BCUT2D eigenvalue weighted by atomic mass is 10.4. The number of nitrogens with zero attached hydrogens (tertiary/aromatic N) is 8. The fourth-order valence-electron chi connectivity index (χ4n) is 3.20. The van der Waals surface area contributed by atoms with Crippen LogP contribution in [0, 0.1) is 0 Å². The normalized spacial score (nSPS) is 11.5. The molecule has 0 unspecified atom stereocenters. The molecule has 0 spiro atoms. The summed E-state index contributed by atoms with van der Waals surface area (Å²) in [5.41, 5.74) is 0.764. The van der Waals surface area contributed by atoms with Crippen molar-refractivity contribution < 1.29 is 4.21 Å². The molecule has 170 valence electrons. The van der Waals surface area contributed by atoms with Gasteiger partial charge in [-0.3, -0.25) is 9.48 Å². The summed E-state index contributed by atoms with van der Waals surface area (Å²) in [7, 11) is -2.41. The highest BCUT2D eigenvalue weighted by Gasteiger charge is 2.18. The zero-order valence-electron chi connectivity index (χ0n) is 18.2. The van der Waals surface area contributed by atoms with E-state index in [0.29, 0.717) is 34.9 Å². The summed E-state index contributed by atoms with van der Waals surface area (Å²) in [5.74, 6) is 0.984. The molecule has 0 amide bonds. The molecular weight excluding hydrogens is 442 g/mol. The number of nitrogens with one attached hydrogen (secondary N) is 1. The van der Waals surface area contributed by atoms with Crippen LogP contribution in [0.25, 0.3) is 16.9 Å². The molecule has 4 heterocycles. The van der Waals surface area contributed by atoms with Crippen LogP contribution in [0.5, 0.6) is 0 Å². The van der Waals surface area contributed by atoms with Crippen LogP contribution >= 0.6 is 0 Å². The molecule has 12 heteroatoms. The molecule has 4 rings (SSSR count). The van der Waals surface area contributed by atoms with Gasteiger partial charge in [-0.25, -0.2) is 23.5 Å². The van der Waals surface area contributed by atoms with Crippen LogP contribution in [-0.2, 0) is 22.8 Å². The quantitative estimate of drug-likeness (QED) is 0.397. The average Bonchev–Trinajstić information content (AvgIpc) is 3.30. The zero-order chi connectivity index (χ0) is 23.6. The van der Waals surface area contributed by atoms with Gasteiger partial charge in [0.25, 0.3) is 5.56 Å². The number of allylic oxidation sites excluding steroid dienone is 2. The Morgan fingerprint density at radius 3 is 2.67 bits per heavy atom. The number of hydrogen-bond donors (Lipinski definition) is 1. The van der Waals surface area contributed by atoms with Crippen molar-refractivity contribution in [2.24, 2.45) is 4.36 Å². The van der Waals surface area contributed by atoms with Crippen molar-refractivity contribution in [2.75, 3.05) is 17.8 Å². The predicted molar refractivity (Wildman–Crippen MR) is 129 cm³/mol. The molecule has 0 saturated carbocycles. The number of hydrogen-bond acceptors (Lipinski definition) is 8. The van der Waals surface area contributed by atoms with Crippen molar-refractivity contribution in [3.63, 3.8) is 0 Å². The smallest absolute Gasteiger partial charge is 0.278 e. The van der Waals surface area contributed by atoms with Gasteiger partial charge in [0.05, 0.1) is 25.0 Å². The molecule has 1 N–H and O–H groups in total. The summed E-state index contributed by atoms with van der Waals surface area (Å²) in [4.78, 5) is 26.4. The van der Waals surface area contributed by atoms with Crippen LogP contribution in [-0.4, -0.2) is 50.8 Å². The Morgan fingerprint density at radius 1 is 1.15 bits per heavy atom.